The third-order valence-electron chi connectivity index (χ3n) is 4.72. The second-order valence-corrected chi connectivity index (χ2v) is 6.57. The van der Waals surface area contributed by atoms with Gasteiger partial charge in [0.2, 0.25) is 0 Å². The van der Waals surface area contributed by atoms with Gasteiger partial charge in [-0.15, -0.1) is 0 Å². The van der Waals surface area contributed by atoms with Crippen molar-refractivity contribution < 1.29 is 18.7 Å². The van der Waals surface area contributed by atoms with E-state index in [1.165, 1.54) is 6.07 Å². The minimum atomic E-state index is -0.460. The van der Waals surface area contributed by atoms with Crippen LogP contribution in [0.15, 0.2) is 48.5 Å². The number of urea groups is 1. The summed E-state index contributed by atoms with van der Waals surface area (Å²) in [4.78, 5) is 14.7. The van der Waals surface area contributed by atoms with Gasteiger partial charge in [0.25, 0.3) is 0 Å². The summed E-state index contributed by atoms with van der Waals surface area (Å²) in [6.07, 6.45) is 0.938. The zero-order valence-corrected chi connectivity index (χ0v) is 16.0. The molecule has 28 heavy (non-hydrogen) atoms. The average molecular weight is 387 g/mol. The Hall–Kier alpha value is -2.64. The Labute approximate surface area is 164 Å². The van der Waals surface area contributed by atoms with Crippen LogP contribution >= 0.6 is 0 Å². The zero-order valence-electron chi connectivity index (χ0n) is 16.0. The number of para-hydroxylation sites is 3. The van der Waals surface area contributed by atoms with Crippen LogP contribution in [0.5, 0.6) is 11.5 Å². The second-order valence-electron chi connectivity index (χ2n) is 6.57. The maximum Gasteiger partial charge on any atom is 0.319 e. The van der Waals surface area contributed by atoms with Crippen LogP contribution < -0.4 is 15.4 Å². The van der Waals surface area contributed by atoms with Gasteiger partial charge in [-0.25, -0.2) is 9.18 Å². The number of benzene rings is 2. The first-order valence-corrected chi connectivity index (χ1v) is 9.55. The number of hydrogen-bond donors (Lipinski definition) is 2. The molecule has 150 valence electrons. The molecule has 2 aromatic rings. The lowest BCUT2D eigenvalue weighted by molar-refractivity contribution is 0.0165. The van der Waals surface area contributed by atoms with E-state index in [0.29, 0.717) is 18.0 Å². The monoisotopic (exact) mass is 387 g/mol. The molecular formula is C21H26FN3O3. The Morgan fingerprint density at radius 1 is 1.14 bits per heavy atom. The van der Waals surface area contributed by atoms with Crippen molar-refractivity contribution >= 4 is 11.7 Å². The molecule has 1 saturated heterocycles. The fourth-order valence-electron chi connectivity index (χ4n) is 3.16. The molecule has 1 atom stereocenters. The third kappa shape index (κ3) is 5.43. The Morgan fingerprint density at radius 3 is 2.54 bits per heavy atom. The van der Waals surface area contributed by atoms with Gasteiger partial charge >= 0.3 is 6.03 Å². The number of ether oxygens (including phenoxy) is 2. The Bertz CT molecular complexity index is 781. The summed E-state index contributed by atoms with van der Waals surface area (Å²) in [6, 6.07) is 13.1. The van der Waals surface area contributed by atoms with Gasteiger partial charge in [-0.3, -0.25) is 4.90 Å². The van der Waals surface area contributed by atoms with Crippen molar-refractivity contribution in [1.29, 1.82) is 0 Å². The molecule has 2 amide bonds. The van der Waals surface area contributed by atoms with E-state index in [0.717, 1.165) is 32.7 Å². The molecule has 1 fully saturated rings. The van der Waals surface area contributed by atoms with Gasteiger partial charge in [-0.05, 0) is 30.7 Å². The molecule has 1 aliphatic rings. The number of anilines is 1. The fraction of sp³-hybridized carbons (Fsp3) is 0.381. The molecule has 6 nitrogen and oxygen atoms in total. The van der Waals surface area contributed by atoms with Gasteiger partial charge < -0.3 is 20.1 Å². The van der Waals surface area contributed by atoms with Crippen molar-refractivity contribution in [2.75, 3.05) is 38.2 Å². The predicted octanol–water partition coefficient (Wildman–Crippen LogP) is 3.85. The van der Waals surface area contributed by atoms with Crippen LogP contribution in [0.1, 0.15) is 13.3 Å². The number of rotatable bonds is 7. The number of carbonyl (C=O) groups excluding carboxylic acids is 1. The highest BCUT2D eigenvalue weighted by molar-refractivity contribution is 5.91. The van der Waals surface area contributed by atoms with E-state index in [4.69, 9.17) is 9.47 Å². The molecule has 1 heterocycles. The largest absolute Gasteiger partial charge is 0.452 e. The molecule has 0 spiro atoms. The minimum absolute atomic E-state index is 0.107. The number of carbonyl (C=O) groups is 1. The molecule has 0 radical (unpaired) electrons. The first kappa shape index (κ1) is 20.1. The van der Waals surface area contributed by atoms with Crippen molar-refractivity contribution in [2.45, 2.75) is 19.4 Å². The number of amides is 2. The molecule has 3 rings (SSSR count). The predicted molar refractivity (Wildman–Crippen MR) is 106 cm³/mol. The lowest BCUT2D eigenvalue weighted by Gasteiger charge is -2.34. The number of morpholine rings is 1. The second kappa shape index (κ2) is 10.1. The summed E-state index contributed by atoms with van der Waals surface area (Å²) >= 11 is 0. The van der Waals surface area contributed by atoms with Crippen molar-refractivity contribution in [3.63, 3.8) is 0 Å². The highest BCUT2D eigenvalue weighted by atomic mass is 19.1. The van der Waals surface area contributed by atoms with E-state index in [1.807, 2.05) is 0 Å². The maximum atomic E-state index is 13.9. The quantitative estimate of drug-likeness (QED) is 0.758. The molecule has 0 unspecified atom stereocenters. The van der Waals surface area contributed by atoms with Crippen LogP contribution in [-0.2, 0) is 4.74 Å². The summed E-state index contributed by atoms with van der Waals surface area (Å²) < 4.78 is 24.9. The van der Waals surface area contributed by atoms with Crippen molar-refractivity contribution in [2.24, 2.45) is 0 Å². The molecule has 0 aliphatic carbocycles. The Morgan fingerprint density at radius 2 is 1.82 bits per heavy atom. The highest BCUT2D eigenvalue weighted by Crippen LogP contribution is 2.30. The van der Waals surface area contributed by atoms with Crippen molar-refractivity contribution in [3.8, 4) is 11.5 Å². The summed E-state index contributed by atoms with van der Waals surface area (Å²) in [5, 5.41) is 5.71. The van der Waals surface area contributed by atoms with Gasteiger partial charge in [0, 0.05) is 25.7 Å². The van der Waals surface area contributed by atoms with Crippen LogP contribution in [-0.4, -0.2) is 49.8 Å². The van der Waals surface area contributed by atoms with E-state index in [9.17, 15) is 9.18 Å². The smallest absolute Gasteiger partial charge is 0.319 e. The number of nitrogens with one attached hydrogen (secondary N) is 2. The fourth-order valence-corrected chi connectivity index (χ4v) is 3.16. The van der Waals surface area contributed by atoms with Gasteiger partial charge in [0.15, 0.2) is 17.3 Å². The van der Waals surface area contributed by atoms with Crippen LogP contribution in [0, 0.1) is 5.82 Å². The molecule has 0 bridgehead atoms. The summed E-state index contributed by atoms with van der Waals surface area (Å²) in [5.74, 6) is 0.0246. The first-order valence-electron chi connectivity index (χ1n) is 9.55. The van der Waals surface area contributed by atoms with E-state index in [2.05, 4.69) is 22.5 Å². The minimum Gasteiger partial charge on any atom is -0.452 e. The molecule has 2 aromatic carbocycles. The molecule has 0 aromatic heterocycles. The average Bonchev–Trinajstić information content (AvgIpc) is 2.72. The Balaban J connectivity index is 1.58. The van der Waals surface area contributed by atoms with Crippen LogP contribution in [0.3, 0.4) is 0 Å². The van der Waals surface area contributed by atoms with Crippen LogP contribution in [0.25, 0.3) is 0 Å². The Kier molecular flexibility index (Phi) is 7.22. The summed E-state index contributed by atoms with van der Waals surface area (Å²) in [5.41, 5.74) is 0.475. The van der Waals surface area contributed by atoms with Gasteiger partial charge in [0.05, 0.1) is 18.9 Å². The molecular weight excluding hydrogens is 361 g/mol. The lowest BCUT2D eigenvalue weighted by atomic mass is 10.2. The molecule has 7 heteroatoms. The molecule has 2 N–H and O–H groups in total. The molecule has 0 saturated carbocycles. The van der Waals surface area contributed by atoms with E-state index in [-0.39, 0.29) is 17.8 Å². The van der Waals surface area contributed by atoms with E-state index >= 15 is 0 Å². The standard InChI is InChI=1S/C21H26FN3O3/c1-2-16(25-11-13-27-14-12-25)15-23-21(26)24-18-8-4-6-10-20(18)28-19-9-5-3-7-17(19)22/h3-10,16H,2,11-15H2,1H3,(H2,23,24,26)/t16-/m0/s1. The number of halogens is 1. The van der Waals surface area contributed by atoms with Crippen molar-refractivity contribution in [1.82, 2.24) is 10.2 Å². The SMILES string of the molecule is CC[C@@H](CNC(=O)Nc1ccccc1Oc1ccccc1F)N1CCOCC1. The summed E-state index contributed by atoms with van der Waals surface area (Å²) in [7, 11) is 0. The number of hydrogen-bond acceptors (Lipinski definition) is 4. The van der Waals surface area contributed by atoms with Crippen LogP contribution in [0.2, 0.25) is 0 Å². The van der Waals surface area contributed by atoms with E-state index < -0.39 is 5.82 Å². The summed E-state index contributed by atoms with van der Waals surface area (Å²) in [6.45, 7) is 5.85. The van der Waals surface area contributed by atoms with Gasteiger partial charge in [0.1, 0.15) is 0 Å². The maximum absolute atomic E-state index is 13.9. The first-order chi connectivity index (χ1) is 13.7. The van der Waals surface area contributed by atoms with E-state index in [1.54, 1.807) is 42.5 Å². The lowest BCUT2D eigenvalue weighted by Crippen LogP contribution is -2.49. The topological polar surface area (TPSA) is 62.8 Å². The zero-order chi connectivity index (χ0) is 19.8. The molecule has 1 aliphatic heterocycles. The normalized spacial score (nSPS) is 15.6. The van der Waals surface area contributed by atoms with Crippen molar-refractivity contribution in [3.05, 3.63) is 54.3 Å². The van der Waals surface area contributed by atoms with Crippen LogP contribution in [0.4, 0.5) is 14.9 Å². The third-order valence-corrected chi connectivity index (χ3v) is 4.72. The highest BCUT2D eigenvalue weighted by Gasteiger charge is 2.20. The number of nitrogens with zero attached hydrogens (tertiary/aromatic N) is 1. The van der Waals surface area contributed by atoms with Gasteiger partial charge in [-0.2, -0.15) is 0 Å². The van der Waals surface area contributed by atoms with Gasteiger partial charge in [-0.1, -0.05) is 31.2 Å².